The number of hydrogen-bond acceptors (Lipinski definition) is 5. The van der Waals surface area contributed by atoms with Gasteiger partial charge in [0.2, 0.25) is 0 Å². The average molecular weight is 331 g/mol. The first kappa shape index (κ1) is 17.6. The van der Waals surface area contributed by atoms with Crippen molar-refractivity contribution in [1.29, 1.82) is 0 Å². The highest BCUT2D eigenvalue weighted by Crippen LogP contribution is 2.29. The third kappa shape index (κ3) is 4.17. The van der Waals surface area contributed by atoms with E-state index in [0.717, 1.165) is 12.0 Å². The number of aliphatic hydroxyl groups is 1. The zero-order chi connectivity index (χ0) is 17.5. The number of amides is 1. The number of aliphatic hydroxyl groups excluding tert-OH is 1. The highest BCUT2D eigenvalue weighted by Gasteiger charge is 2.13. The fraction of sp³-hybridized carbons (Fsp3) is 0.278. The van der Waals surface area contributed by atoms with E-state index in [9.17, 15) is 9.90 Å². The first-order valence-electron chi connectivity index (χ1n) is 7.64. The van der Waals surface area contributed by atoms with Crippen LogP contribution in [0, 0.1) is 0 Å². The standard InChI is InChI=1S/C18H21NO5/c1-3-12-4-6-15(21)14(10-12)19-18(22)13-5-7-16(23-2)17(11-13)24-9-8-20/h4-7,10-11,20-21H,3,8-9H2,1-2H3,(H,19,22). The largest absolute Gasteiger partial charge is 0.506 e. The van der Waals surface area contributed by atoms with E-state index in [1.165, 1.54) is 13.2 Å². The lowest BCUT2D eigenvalue weighted by atomic mass is 10.1. The Morgan fingerprint density at radius 3 is 2.62 bits per heavy atom. The van der Waals surface area contributed by atoms with Gasteiger partial charge in [0.15, 0.2) is 11.5 Å². The molecular weight excluding hydrogens is 310 g/mol. The molecule has 2 aromatic rings. The van der Waals surface area contributed by atoms with Crippen LogP contribution in [0.4, 0.5) is 5.69 Å². The smallest absolute Gasteiger partial charge is 0.255 e. The van der Waals surface area contributed by atoms with Crippen LogP contribution in [0.25, 0.3) is 0 Å². The summed E-state index contributed by atoms with van der Waals surface area (Å²) in [5.74, 6) is 0.461. The number of methoxy groups -OCH3 is 1. The Hall–Kier alpha value is -2.73. The van der Waals surface area contributed by atoms with Gasteiger partial charge in [-0.25, -0.2) is 0 Å². The van der Waals surface area contributed by atoms with Gasteiger partial charge in [0.25, 0.3) is 5.91 Å². The molecule has 0 aliphatic rings. The molecule has 3 N–H and O–H groups in total. The van der Waals surface area contributed by atoms with Crippen molar-refractivity contribution in [2.24, 2.45) is 0 Å². The van der Waals surface area contributed by atoms with E-state index in [-0.39, 0.29) is 24.9 Å². The summed E-state index contributed by atoms with van der Waals surface area (Å²) in [5, 5.41) is 21.5. The summed E-state index contributed by atoms with van der Waals surface area (Å²) < 4.78 is 10.5. The molecule has 0 heterocycles. The van der Waals surface area contributed by atoms with Gasteiger partial charge in [-0.2, -0.15) is 0 Å². The normalized spacial score (nSPS) is 10.3. The van der Waals surface area contributed by atoms with E-state index < -0.39 is 0 Å². The molecule has 0 atom stereocenters. The zero-order valence-electron chi connectivity index (χ0n) is 13.7. The fourth-order valence-corrected chi connectivity index (χ4v) is 2.18. The number of phenolic OH excluding ortho intramolecular Hbond substituents is 1. The summed E-state index contributed by atoms with van der Waals surface area (Å²) in [6, 6.07) is 9.84. The first-order valence-corrected chi connectivity index (χ1v) is 7.64. The second kappa shape index (κ2) is 8.21. The molecule has 2 rings (SSSR count). The van der Waals surface area contributed by atoms with Crippen molar-refractivity contribution in [2.45, 2.75) is 13.3 Å². The Morgan fingerprint density at radius 1 is 1.17 bits per heavy atom. The summed E-state index contributed by atoms with van der Waals surface area (Å²) >= 11 is 0. The maximum absolute atomic E-state index is 12.4. The van der Waals surface area contributed by atoms with Gasteiger partial charge in [-0.05, 0) is 42.3 Å². The number of aromatic hydroxyl groups is 1. The highest BCUT2D eigenvalue weighted by atomic mass is 16.5. The second-order valence-electron chi connectivity index (χ2n) is 5.10. The van der Waals surface area contributed by atoms with Crippen LogP contribution in [-0.4, -0.2) is 36.4 Å². The van der Waals surface area contributed by atoms with E-state index in [1.54, 1.807) is 30.3 Å². The number of carbonyl (C=O) groups is 1. The van der Waals surface area contributed by atoms with E-state index in [0.29, 0.717) is 22.7 Å². The number of carbonyl (C=O) groups excluding carboxylic acids is 1. The van der Waals surface area contributed by atoms with Gasteiger partial charge in [0.05, 0.1) is 19.4 Å². The minimum atomic E-state index is -0.380. The third-order valence-electron chi connectivity index (χ3n) is 3.49. The quantitative estimate of drug-likeness (QED) is 0.679. The van der Waals surface area contributed by atoms with Crippen LogP contribution in [0.5, 0.6) is 17.2 Å². The topological polar surface area (TPSA) is 88.0 Å². The number of benzene rings is 2. The number of phenols is 1. The number of nitrogens with one attached hydrogen (secondary N) is 1. The number of hydrogen-bond donors (Lipinski definition) is 3. The van der Waals surface area contributed by atoms with Crippen LogP contribution in [0.3, 0.4) is 0 Å². The van der Waals surface area contributed by atoms with Gasteiger partial charge in [0, 0.05) is 5.56 Å². The third-order valence-corrected chi connectivity index (χ3v) is 3.49. The Balaban J connectivity index is 2.23. The monoisotopic (exact) mass is 331 g/mol. The maximum Gasteiger partial charge on any atom is 0.255 e. The van der Waals surface area contributed by atoms with Gasteiger partial charge < -0.3 is 25.0 Å². The molecule has 1 amide bonds. The van der Waals surface area contributed by atoms with Crippen LogP contribution in [-0.2, 0) is 6.42 Å². The molecule has 0 aliphatic carbocycles. The average Bonchev–Trinajstić information content (AvgIpc) is 2.61. The second-order valence-corrected chi connectivity index (χ2v) is 5.10. The predicted molar refractivity (Wildman–Crippen MR) is 91.0 cm³/mol. The van der Waals surface area contributed by atoms with Crippen molar-refractivity contribution in [3.63, 3.8) is 0 Å². The summed E-state index contributed by atoms with van der Waals surface area (Å²) in [4.78, 5) is 12.4. The molecule has 6 heteroatoms. The summed E-state index contributed by atoms with van der Waals surface area (Å²) in [6.45, 7) is 1.95. The molecule has 0 fully saturated rings. The lowest BCUT2D eigenvalue weighted by Crippen LogP contribution is -2.13. The van der Waals surface area contributed by atoms with Crippen LogP contribution in [0.1, 0.15) is 22.8 Å². The molecule has 0 spiro atoms. The lowest BCUT2D eigenvalue weighted by Gasteiger charge is -2.12. The van der Waals surface area contributed by atoms with Gasteiger partial charge in [-0.15, -0.1) is 0 Å². The Bertz CT molecular complexity index is 715. The van der Waals surface area contributed by atoms with Gasteiger partial charge in [-0.3, -0.25) is 4.79 Å². The summed E-state index contributed by atoms with van der Waals surface area (Å²) in [7, 11) is 1.50. The fourth-order valence-electron chi connectivity index (χ4n) is 2.18. The zero-order valence-corrected chi connectivity index (χ0v) is 13.7. The molecule has 0 aromatic heterocycles. The Labute approximate surface area is 140 Å². The molecule has 0 radical (unpaired) electrons. The van der Waals surface area contributed by atoms with E-state index in [2.05, 4.69) is 5.32 Å². The number of ether oxygens (including phenoxy) is 2. The van der Waals surface area contributed by atoms with E-state index in [4.69, 9.17) is 14.6 Å². The SMILES string of the molecule is CCc1ccc(O)c(NC(=O)c2ccc(OC)c(OCCO)c2)c1. The lowest BCUT2D eigenvalue weighted by molar-refractivity contribution is 0.102. The highest BCUT2D eigenvalue weighted by molar-refractivity contribution is 6.05. The summed E-state index contributed by atoms with van der Waals surface area (Å²) in [6.07, 6.45) is 0.796. The molecule has 6 nitrogen and oxygen atoms in total. The molecule has 128 valence electrons. The maximum atomic E-state index is 12.4. The number of rotatable bonds is 7. The minimum absolute atomic E-state index is 0.00538. The predicted octanol–water partition coefficient (Wildman–Crippen LogP) is 2.59. The van der Waals surface area contributed by atoms with Crippen molar-refractivity contribution in [3.05, 3.63) is 47.5 Å². The Kier molecular flexibility index (Phi) is 6.03. The van der Waals surface area contributed by atoms with Crippen LogP contribution < -0.4 is 14.8 Å². The van der Waals surface area contributed by atoms with Crippen LogP contribution in [0.15, 0.2) is 36.4 Å². The van der Waals surface area contributed by atoms with Gasteiger partial charge in [0.1, 0.15) is 12.4 Å². The molecule has 0 aliphatic heterocycles. The number of anilines is 1. The van der Waals surface area contributed by atoms with E-state index >= 15 is 0 Å². The molecule has 0 unspecified atom stereocenters. The van der Waals surface area contributed by atoms with Gasteiger partial charge >= 0.3 is 0 Å². The molecule has 2 aromatic carbocycles. The van der Waals surface area contributed by atoms with Crippen molar-refractivity contribution in [3.8, 4) is 17.2 Å². The first-order chi connectivity index (χ1) is 11.6. The van der Waals surface area contributed by atoms with Crippen molar-refractivity contribution in [2.75, 3.05) is 25.6 Å². The summed E-state index contributed by atoms with van der Waals surface area (Å²) in [5.41, 5.74) is 1.71. The van der Waals surface area contributed by atoms with Gasteiger partial charge in [-0.1, -0.05) is 13.0 Å². The molecule has 0 saturated carbocycles. The molecule has 0 bridgehead atoms. The molecule has 0 saturated heterocycles. The van der Waals surface area contributed by atoms with Crippen LogP contribution >= 0.6 is 0 Å². The van der Waals surface area contributed by atoms with Crippen molar-refractivity contribution in [1.82, 2.24) is 0 Å². The Morgan fingerprint density at radius 2 is 1.96 bits per heavy atom. The van der Waals surface area contributed by atoms with E-state index in [1.807, 2.05) is 6.92 Å². The molecular formula is C18H21NO5. The van der Waals surface area contributed by atoms with Crippen molar-refractivity contribution >= 4 is 11.6 Å². The van der Waals surface area contributed by atoms with Crippen LogP contribution in [0.2, 0.25) is 0 Å². The van der Waals surface area contributed by atoms with Crippen molar-refractivity contribution < 1.29 is 24.5 Å². The number of aryl methyl sites for hydroxylation is 1. The minimum Gasteiger partial charge on any atom is -0.506 e. The molecule has 24 heavy (non-hydrogen) atoms.